The van der Waals surface area contributed by atoms with E-state index in [9.17, 15) is 4.79 Å². The van der Waals surface area contributed by atoms with Gasteiger partial charge in [-0.3, -0.25) is 10.2 Å². The van der Waals surface area contributed by atoms with Gasteiger partial charge in [-0.15, -0.1) is 0 Å². The molecule has 0 spiro atoms. The second-order valence-corrected chi connectivity index (χ2v) is 9.49. The predicted molar refractivity (Wildman–Crippen MR) is 142 cm³/mol. The first kappa shape index (κ1) is 24.7. The lowest BCUT2D eigenvalue weighted by molar-refractivity contribution is -0.114. The van der Waals surface area contributed by atoms with Crippen molar-refractivity contribution >= 4 is 39.8 Å². The van der Waals surface area contributed by atoms with Crippen LogP contribution in [0.15, 0.2) is 58.1 Å². The second kappa shape index (κ2) is 10.9. The normalized spacial score (nSPS) is 16.5. The fourth-order valence-electron chi connectivity index (χ4n) is 3.81. The average Bonchev–Trinajstić information content (AvgIpc) is 3.27. The Bertz CT molecular complexity index is 1210. The summed E-state index contributed by atoms with van der Waals surface area (Å²) < 4.78 is 11.6. The molecule has 2 aliphatic heterocycles. The maximum Gasteiger partial charge on any atom is 0.283 e. The van der Waals surface area contributed by atoms with Crippen LogP contribution in [0, 0.1) is 25.2 Å². The van der Waals surface area contributed by atoms with Crippen molar-refractivity contribution in [3.05, 3.63) is 64.7 Å². The standard InChI is InChI=1S/C27H30N4O3S/c1-5-20(6-2)26-30-31-24(28)22(25(32)29-27(31)35-26)16-19-9-11-21(12-10-19)33-13-14-34-23-15-17(3)7-8-18(23)4/h7-12,15-16,20,28H,5-6,13-14H2,1-4H3. The minimum atomic E-state index is -0.418. The summed E-state index contributed by atoms with van der Waals surface area (Å²) in [6.07, 6.45) is 3.59. The molecule has 0 radical (unpaired) electrons. The number of amides is 1. The van der Waals surface area contributed by atoms with Crippen LogP contribution < -0.4 is 9.47 Å². The molecule has 2 heterocycles. The van der Waals surface area contributed by atoms with Crippen molar-refractivity contribution in [2.75, 3.05) is 13.2 Å². The molecular weight excluding hydrogens is 460 g/mol. The van der Waals surface area contributed by atoms with Gasteiger partial charge in [0.2, 0.25) is 5.17 Å². The van der Waals surface area contributed by atoms with Gasteiger partial charge < -0.3 is 9.47 Å². The van der Waals surface area contributed by atoms with Crippen molar-refractivity contribution in [3.63, 3.8) is 0 Å². The molecule has 0 aromatic heterocycles. The van der Waals surface area contributed by atoms with Crippen LogP contribution in [0.1, 0.15) is 43.4 Å². The number of nitrogens with one attached hydrogen (secondary N) is 1. The number of carbonyl (C=O) groups is 1. The molecule has 1 N–H and O–H groups in total. The van der Waals surface area contributed by atoms with Gasteiger partial charge in [-0.2, -0.15) is 15.1 Å². The van der Waals surface area contributed by atoms with E-state index in [1.54, 1.807) is 6.08 Å². The van der Waals surface area contributed by atoms with Crippen molar-refractivity contribution in [1.29, 1.82) is 5.41 Å². The van der Waals surface area contributed by atoms with Gasteiger partial charge in [0, 0.05) is 5.92 Å². The van der Waals surface area contributed by atoms with E-state index in [0.29, 0.717) is 30.0 Å². The lowest BCUT2D eigenvalue weighted by Crippen LogP contribution is -2.35. The van der Waals surface area contributed by atoms with Crippen LogP contribution in [0.3, 0.4) is 0 Å². The van der Waals surface area contributed by atoms with E-state index in [1.165, 1.54) is 16.8 Å². The Labute approximate surface area is 210 Å². The van der Waals surface area contributed by atoms with Gasteiger partial charge in [-0.05, 0) is 79.4 Å². The summed E-state index contributed by atoms with van der Waals surface area (Å²) in [4.78, 5) is 16.8. The van der Waals surface area contributed by atoms with Crippen molar-refractivity contribution in [2.45, 2.75) is 40.5 Å². The molecular formula is C27H30N4O3S. The first-order chi connectivity index (χ1) is 16.9. The first-order valence-corrected chi connectivity index (χ1v) is 12.6. The van der Waals surface area contributed by atoms with Crippen LogP contribution in [0.4, 0.5) is 0 Å². The maximum atomic E-state index is 12.6. The van der Waals surface area contributed by atoms with Crippen LogP contribution in [0.25, 0.3) is 6.08 Å². The Morgan fingerprint density at radius 1 is 1.06 bits per heavy atom. The van der Waals surface area contributed by atoms with E-state index < -0.39 is 5.91 Å². The fraction of sp³-hybridized carbons (Fsp3) is 0.333. The number of aliphatic imine (C=N–C) groups is 1. The third-order valence-electron chi connectivity index (χ3n) is 5.95. The molecule has 1 amide bonds. The van der Waals surface area contributed by atoms with Gasteiger partial charge in [0.15, 0.2) is 5.84 Å². The van der Waals surface area contributed by atoms with E-state index >= 15 is 0 Å². The smallest absolute Gasteiger partial charge is 0.283 e. The number of fused-ring (bicyclic) bond motifs is 1. The number of hydrogen-bond donors (Lipinski definition) is 1. The molecule has 0 unspecified atom stereocenters. The Hall–Kier alpha value is -3.39. The first-order valence-electron chi connectivity index (χ1n) is 11.8. The molecule has 4 rings (SSSR count). The van der Waals surface area contributed by atoms with Gasteiger partial charge in [-0.25, -0.2) is 0 Å². The lowest BCUT2D eigenvalue weighted by atomic mass is 10.1. The summed E-state index contributed by atoms with van der Waals surface area (Å²) in [5, 5.41) is 16.0. The summed E-state index contributed by atoms with van der Waals surface area (Å²) in [6.45, 7) is 9.14. The number of nitrogens with zero attached hydrogens (tertiary/aromatic N) is 3. The molecule has 7 nitrogen and oxygen atoms in total. The number of hydrazone groups is 1. The Balaban J connectivity index is 1.37. The van der Waals surface area contributed by atoms with Gasteiger partial charge in [0.05, 0.1) is 5.57 Å². The zero-order chi connectivity index (χ0) is 24.9. The third-order valence-corrected chi connectivity index (χ3v) is 7.02. The second-order valence-electron chi connectivity index (χ2n) is 8.51. The summed E-state index contributed by atoms with van der Waals surface area (Å²) >= 11 is 1.39. The molecule has 2 aliphatic rings. The topological polar surface area (TPSA) is 87.3 Å². The molecule has 182 valence electrons. The third kappa shape index (κ3) is 5.65. The lowest BCUT2D eigenvalue weighted by Gasteiger charge is -2.20. The molecule has 0 saturated heterocycles. The highest BCUT2D eigenvalue weighted by Gasteiger charge is 2.37. The highest BCUT2D eigenvalue weighted by Crippen LogP contribution is 2.33. The van der Waals surface area contributed by atoms with Crippen LogP contribution in [-0.2, 0) is 4.79 Å². The Kier molecular flexibility index (Phi) is 7.70. The van der Waals surface area contributed by atoms with E-state index in [0.717, 1.165) is 40.3 Å². The SMILES string of the molecule is CCC(CC)C1=NN2C(=N)C(=Cc3ccc(OCCOc4cc(C)ccc4C)cc3)C(=O)N=C2S1. The van der Waals surface area contributed by atoms with Gasteiger partial charge >= 0.3 is 0 Å². The summed E-state index contributed by atoms with van der Waals surface area (Å²) in [5.74, 6) is 1.52. The van der Waals surface area contributed by atoms with Crippen molar-refractivity contribution in [3.8, 4) is 11.5 Å². The molecule has 0 saturated carbocycles. The molecule has 0 aliphatic carbocycles. The van der Waals surface area contributed by atoms with Crippen LogP contribution >= 0.6 is 11.8 Å². The maximum absolute atomic E-state index is 12.6. The summed E-state index contributed by atoms with van der Waals surface area (Å²) in [6, 6.07) is 13.5. The zero-order valence-corrected chi connectivity index (χ0v) is 21.3. The van der Waals surface area contributed by atoms with Gasteiger partial charge in [0.25, 0.3) is 5.91 Å². The minimum Gasteiger partial charge on any atom is -0.490 e. The summed E-state index contributed by atoms with van der Waals surface area (Å²) in [5.41, 5.74) is 3.26. The number of hydrogen-bond acceptors (Lipinski definition) is 6. The number of benzene rings is 2. The Morgan fingerprint density at radius 3 is 2.49 bits per heavy atom. The predicted octanol–water partition coefficient (Wildman–Crippen LogP) is 5.82. The van der Waals surface area contributed by atoms with E-state index in [1.807, 2.05) is 50.2 Å². The zero-order valence-electron chi connectivity index (χ0n) is 20.5. The number of ether oxygens (including phenoxy) is 2. The van der Waals surface area contributed by atoms with Crippen molar-refractivity contribution in [2.24, 2.45) is 16.0 Å². The van der Waals surface area contributed by atoms with Gasteiger partial charge in [-0.1, -0.05) is 38.1 Å². The van der Waals surface area contributed by atoms with Crippen LogP contribution in [0.2, 0.25) is 0 Å². The monoisotopic (exact) mass is 490 g/mol. The number of thioether (sulfide) groups is 1. The molecule has 2 aromatic carbocycles. The van der Waals surface area contributed by atoms with Gasteiger partial charge in [0.1, 0.15) is 29.8 Å². The molecule has 35 heavy (non-hydrogen) atoms. The summed E-state index contributed by atoms with van der Waals surface area (Å²) in [7, 11) is 0. The quantitative estimate of drug-likeness (QED) is 0.354. The average molecular weight is 491 g/mol. The minimum absolute atomic E-state index is 0.0531. The van der Waals surface area contributed by atoms with E-state index in [4.69, 9.17) is 14.9 Å². The van der Waals surface area contributed by atoms with Crippen molar-refractivity contribution < 1.29 is 14.3 Å². The Morgan fingerprint density at radius 2 is 1.77 bits per heavy atom. The highest BCUT2D eigenvalue weighted by atomic mass is 32.2. The van der Waals surface area contributed by atoms with E-state index in [2.05, 4.69) is 30.0 Å². The number of aryl methyl sites for hydroxylation is 2. The van der Waals surface area contributed by atoms with Crippen LogP contribution in [0.5, 0.6) is 11.5 Å². The molecule has 2 aromatic rings. The highest BCUT2D eigenvalue weighted by molar-refractivity contribution is 8.27. The van der Waals surface area contributed by atoms with E-state index in [-0.39, 0.29) is 11.4 Å². The molecule has 0 atom stereocenters. The molecule has 0 fully saturated rings. The largest absolute Gasteiger partial charge is 0.490 e. The number of amidine groups is 2. The van der Waals surface area contributed by atoms with Crippen molar-refractivity contribution in [1.82, 2.24) is 5.01 Å². The fourth-order valence-corrected chi connectivity index (χ4v) is 4.97. The molecule has 8 heteroatoms. The van der Waals surface area contributed by atoms with Crippen LogP contribution in [-0.4, -0.2) is 40.2 Å². The number of carbonyl (C=O) groups excluding carboxylic acids is 1. The number of rotatable bonds is 9. The molecule has 0 bridgehead atoms.